The molecule has 0 saturated heterocycles. The lowest BCUT2D eigenvalue weighted by atomic mass is 9.98. The number of hydrogen-bond donors (Lipinski definition) is 1. The van der Waals surface area contributed by atoms with Crippen molar-refractivity contribution in [1.82, 2.24) is 9.80 Å². The summed E-state index contributed by atoms with van der Waals surface area (Å²) < 4.78 is 0. The molecule has 1 N–H and O–H groups in total. The Kier molecular flexibility index (Phi) is 6.52. The number of carbonyl (C=O) groups excluding carboxylic acids is 2. The van der Waals surface area contributed by atoms with Crippen LogP contribution < -0.4 is 5.32 Å². The van der Waals surface area contributed by atoms with Gasteiger partial charge in [0, 0.05) is 30.2 Å². The van der Waals surface area contributed by atoms with Crippen LogP contribution in [0.3, 0.4) is 0 Å². The number of likely N-dealkylation sites (N-methyl/N-ethyl adjacent to an activating group) is 1. The molecule has 0 spiro atoms. The van der Waals surface area contributed by atoms with Gasteiger partial charge < -0.3 is 10.2 Å². The van der Waals surface area contributed by atoms with Crippen molar-refractivity contribution in [3.63, 3.8) is 0 Å². The van der Waals surface area contributed by atoms with Crippen LogP contribution in [0.25, 0.3) is 0 Å². The number of nitrogens with zero attached hydrogens (tertiary/aromatic N) is 2. The molecule has 5 nitrogen and oxygen atoms in total. The van der Waals surface area contributed by atoms with E-state index in [4.69, 9.17) is 0 Å². The largest absolute Gasteiger partial charge is 0.335 e. The maximum atomic E-state index is 12.8. The molecule has 1 aliphatic heterocycles. The van der Waals surface area contributed by atoms with Gasteiger partial charge in [0.2, 0.25) is 11.8 Å². The van der Waals surface area contributed by atoms with Gasteiger partial charge in [-0.15, -0.1) is 11.3 Å². The smallest absolute Gasteiger partial charge is 0.243 e. The van der Waals surface area contributed by atoms with Gasteiger partial charge in [0.1, 0.15) is 0 Å². The molecule has 0 saturated carbocycles. The van der Waals surface area contributed by atoms with E-state index in [0.29, 0.717) is 6.54 Å². The lowest BCUT2D eigenvalue weighted by Gasteiger charge is -2.35. The van der Waals surface area contributed by atoms with Crippen LogP contribution in [0.15, 0.2) is 29.6 Å². The van der Waals surface area contributed by atoms with E-state index < -0.39 is 0 Å². The minimum atomic E-state index is -0.168. The van der Waals surface area contributed by atoms with Gasteiger partial charge >= 0.3 is 0 Å². The summed E-state index contributed by atoms with van der Waals surface area (Å²) in [5.74, 6) is -0.187. The third kappa shape index (κ3) is 4.45. The number of nitrogens with one attached hydrogen (secondary N) is 1. The summed E-state index contributed by atoms with van der Waals surface area (Å²) in [6, 6.07) is 8.38. The second-order valence-electron chi connectivity index (χ2n) is 7.51. The van der Waals surface area contributed by atoms with E-state index in [1.807, 2.05) is 43.4 Å². The molecule has 0 radical (unpaired) electrons. The molecule has 2 amide bonds. The molecule has 1 aromatic carbocycles. The third-order valence-corrected chi connectivity index (χ3v) is 6.48. The number of fused-ring (bicyclic) bond motifs is 1. The highest BCUT2D eigenvalue weighted by atomic mass is 32.1. The van der Waals surface area contributed by atoms with Gasteiger partial charge in [-0.2, -0.15) is 0 Å². The standard InChI is InChI=1S/C22H29N3O2S/c1-5-18-17-10-12-28-19(17)9-11-25(18)14-21(27)24(4)13-20(26)23-22-15(2)7-6-8-16(22)3/h6-8,10,12,18H,5,9,11,13-14H2,1-4H3,(H,23,26). The number of rotatable bonds is 6. The van der Waals surface area contributed by atoms with Crippen LogP contribution in [0.2, 0.25) is 0 Å². The van der Waals surface area contributed by atoms with Gasteiger partial charge in [-0.25, -0.2) is 0 Å². The molecule has 6 heteroatoms. The van der Waals surface area contributed by atoms with Crippen molar-refractivity contribution < 1.29 is 9.59 Å². The minimum Gasteiger partial charge on any atom is -0.335 e. The van der Waals surface area contributed by atoms with Crippen LogP contribution in [0.5, 0.6) is 0 Å². The van der Waals surface area contributed by atoms with E-state index in [-0.39, 0.29) is 24.4 Å². The maximum absolute atomic E-state index is 12.8. The van der Waals surface area contributed by atoms with Gasteiger partial charge in [-0.1, -0.05) is 25.1 Å². The van der Waals surface area contributed by atoms with Gasteiger partial charge in [0.15, 0.2) is 0 Å². The highest BCUT2D eigenvalue weighted by Gasteiger charge is 2.29. The first-order valence-corrected chi connectivity index (χ1v) is 10.7. The van der Waals surface area contributed by atoms with Gasteiger partial charge in [-0.3, -0.25) is 14.5 Å². The molecule has 1 unspecified atom stereocenters. The number of amides is 2. The molecule has 1 aromatic heterocycles. The second-order valence-corrected chi connectivity index (χ2v) is 8.51. The first-order chi connectivity index (χ1) is 13.4. The zero-order valence-corrected chi connectivity index (χ0v) is 17.9. The fourth-order valence-electron chi connectivity index (χ4n) is 3.90. The Labute approximate surface area is 171 Å². The lowest BCUT2D eigenvalue weighted by molar-refractivity contribution is -0.135. The molecule has 28 heavy (non-hydrogen) atoms. The zero-order chi connectivity index (χ0) is 20.3. The number of benzene rings is 1. The second kappa shape index (κ2) is 8.88. The van der Waals surface area contributed by atoms with E-state index in [9.17, 15) is 9.59 Å². The van der Waals surface area contributed by atoms with Gasteiger partial charge in [0.25, 0.3) is 0 Å². The molecular weight excluding hydrogens is 370 g/mol. The monoisotopic (exact) mass is 399 g/mol. The van der Waals surface area contributed by atoms with Gasteiger partial charge in [0.05, 0.1) is 13.1 Å². The zero-order valence-electron chi connectivity index (χ0n) is 17.1. The highest BCUT2D eigenvalue weighted by Crippen LogP contribution is 2.34. The molecule has 1 aliphatic rings. The van der Waals surface area contributed by atoms with Crippen LogP contribution in [0.4, 0.5) is 5.69 Å². The molecule has 0 aliphatic carbocycles. The normalized spacial score (nSPS) is 16.5. The van der Waals surface area contributed by atoms with Crippen molar-refractivity contribution in [2.75, 3.05) is 32.0 Å². The summed E-state index contributed by atoms with van der Waals surface area (Å²) in [6.07, 6.45) is 1.97. The average molecular weight is 400 g/mol. The Balaban J connectivity index is 1.58. The van der Waals surface area contributed by atoms with Crippen molar-refractivity contribution >= 4 is 28.8 Å². The van der Waals surface area contributed by atoms with E-state index in [1.165, 1.54) is 15.3 Å². The number of para-hydroxylation sites is 1. The summed E-state index contributed by atoms with van der Waals surface area (Å²) >= 11 is 1.81. The maximum Gasteiger partial charge on any atom is 0.243 e. The van der Waals surface area contributed by atoms with Crippen molar-refractivity contribution in [1.29, 1.82) is 0 Å². The van der Waals surface area contributed by atoms with Crippen LogP contribution in [0, 0.1) is 13.8 Å². The van der Waals surface area contributed by atoms with Crippen molar-refractivity contribution in [3.05, 3.63) is 51.2 Å². The Morgan fingerprint density at radius 1 is 1.25 bits per heavy atom. The summed E-state index contributed by atoms with van der Waals surface area (Å²) in [6.45, 7) is 7.40. The van der Waals surface area contributed by atoms with Crippen molar-refractivity contribution in [2.24, 2.45) is 0 Å². The van der Waals surface area contributed by atoms with E-state index >= 15 is 0 Å². The summed E-state index contributed by atoms with van der Waals surface area (Å²) in [5.41, 5.74) is 4.24. The van der Waals surface area contributed by atoms with E-state index in [1.54, 1.807) is 7.05 Å². The third-order valence-electron chi connectivity index (χ3n) is 5.48. The highest BCUT2D eigenvalue weighted by molar-refractivity contribution is 7.10. The quantitative estimate of drug-likeness (QED) is 0.804. The molecule has 0 bridgehead atoms. The Hall–Kier alpha value is -2.18. The molecule has 2 heterocycles. The lowest BCUT2D eigenvalue weighted by Crippen LogP contribution is -2.44. The number of aryl methyl sites for hydroxylation is 2. The number of anilines is 1. The minimum absolute atomic E-state index is 0.0196. The van der Waals surface area contributed by atoms with Crippen molar-refractivity contribution in [2.45, 2.75) is 39.7 Å². The molecule has 1 atom stereocenters. The molecule has 0 fully saturated rings. The van der Waals surface area contributed by atoms with Gasteiger partial charge in [-0.05, 0) is 54.8 Å². The molecule has 150 valence electrons. The van der Waals surface area contributed by atoms with Crippen LogP contribution in [0.1, 0.15) is 41.0 Å². The Morgan fingerprint density at radius 3 is 2.64 bits per heavy atom. The summed E-state index contributed by atoms with van der Waals surface area (Å²) in [7, 11) is 1.70. The van der Waals surface area contributed by atoms with E-state index in [0.717, 1.165) is 36.2 Å². The van der Waals surface area contributed by atoms with Crippen LogP contribution >= 0.6 is 11.3 Å². The molecular formula is C22H29N3O2S. The Morgan fingerprint density at radius 2 is 1.96 bits per heavy atom. The number of hydrogen-bond acceptors (Lipinski definition) is 4. The fourth-order valence-corrected chi connectivity index (χ4v) is 4.83. The van der Waals surface area contributed by atoms with Crippen LogP contribution in [-0.4, -0.2) is 48.3 Å². The molecule has 2 aromatic rings. The summed E-state index contributed by atoms with van der Waals surface area (Å²) in [5, 5.41) is 5.09. The predicted octanol–water partition coefficient (Wildman–Crippen LogP) is 3.77. The number of carbonyl (C=O) groups is 2. The van der Waals surface area contributed by atoms with Crippen molar-refractivity contribution in [3.8, 4) is 0 Å². The predicted molar refractivity (Wildman–Crippen MR) is 115 cm³/mol. The number of thiophene rings is 1. The van der Waals surface area contributed by atoms with Crippen LogP contribution in [-0.2, 0) is 16.0 Å². The first kappa shape index (κ1) is 20.6. The average Bonchev–Trinajstić information content (AvgIpc) is 3.13. The Bertz CT molecular complexity index is 841. The first-order valence-electron chi connectivity index (χ1n) is 9.81. The van der Waals surface area contributed by atoms with E-state index in [2.05, 4.69) is 28.6 Å². The molecule has 3 rings (SSSR count). The topological polar surface area (TPSA) is 52.7 Å². The fraction of sp³-hybridized carbons (Fsp3) is 0.455. The summed E-state index contributed by atoms with van der Waals surface area (Å²) in [4.78, 5) is 30.4. The SMILES string of the molecule is CCC1c2ccsc2CCN1CC(=O)N(C)CC(=O)Nc1c(C)cccc1C.